The van der Waals surface area contributed by atoms with Crippen molar-refractivity contribution in [1.29, 1.82) is 0 Å². The number of nitrogens with one attached hydrogen (secondary N) is 1. The third kappa shape index (κ3) is 4.18. The van der Waals surface area contributed by atoms with Crippen molar-refractivity contribution in [1.82, 2.24) is 9.88 Å². The summed E-state index contributed by atoms with van der Waals surface area (Å²) in [6.45, 7) is 1.53. The Morgan fingerprint density at radius 1 is 1.36 bits per heavy atom. The average Bonchev–Trinajstić information content (AvgIpc) is 2.70. The van der Waals surface area contributed by atoms with E-state index in [1.165, 1.54) is 13.2 Å². The van der Waals surface area contributed by atoms with E-state index >= 15 is 0 Å². The molecule has 0 radical (unpaired) electrons. The summed E-state index contributed by atoms with van der Waals surface area (Å²) in [7, 11) is 3.17. The topological polar surface area (TPSA) is 83.7 Å². The van der Waals surface area contributed by atoms with Crippen molar-refractivity contribution < 1.29 is 18.3 Å². The number of carbonyl (C=O) groups excluding carboxylic acids is 1. The fourth-order valence-electron chi connectivity index (χ4n) is 3.15. The minimum absolute atomic E-state index is 0.215. The zero-order valence-electron chi connectivity index (χ0n) is 15.5. The number of amides is 1. The first-order valence-corrected chi connectivity index (χ1v) is 9.43. The van der Waals surface area contributed by atoms with Gasteiger partial charge in [-0.25, -0.2) is 9.37 Å². The summed E-state index contributed by atoms with van der Waals surface area (Å²) < 4.78 is 32.9. The van der Waals surface area contributed by atoms with Crippen LogP contribution in [0.4, 0.5) is 20.2 Å². The molecule has 0 bridgehead atoms. The standard InChI is InChI=1S/C18H21F2N5O2S/c1-24-7-8-25(13-4-3-12(19)16(20)17(13)27-2)14(10-24)18(26)23-11-5-6-22-15(9-11)28-21/h3-6,9,14H,7-8,10,21H2,1-2H3,(H,22,23,26). The number of nitrogens with zero attached hydrogens (tertiary/aromatic N) is 3. The number of anilines is 2. The fourth-order valence-corrected chi connectivity index (χ4v) is 3.47. The third-order valence-electron chi connectivity index (χ3n) is 4.55. The fraction of sp³-hybridized carbons (Fsp3) is 0.333. The van der Waals surface area contributed by atoms with Crippen molar-refractivity contribution in [3.8, 4) is 5.75 Å². The molecule has 2 heterocycles. The van der Waals surface area contributed by atoms with Gasteiger partial charge in [0.05, 0.1) is 12.8 Å². The van der Waals surface area contributed by atoms with Crippen LogP contribution in [0.2, 0.25) is 0 Å². The van der Waals surface area contributed by atoms with Gasteiger partial charge in [-0.3, -0.25) is 9.93 Å². The Kier molecular flexibility index (Phi) is 6.32. The summed E-state index contributed by atoms with van der Waals surface area (Å²) in [6.07, 6.45) is 1.55. The van der Waals surface area contributed by atoms with Crippen molar-refractivity contribution in [2.24, 2.45) is 5.14 Å². The van der Waals surface area contributed by atoms with E-state index in [4.69, 9.17) is 9.88 Å². The van der Waals surface area contributed by atoms with Crippen LogP contribution in [0, 0.1) is 11.6 Å². The molecule has 1 atom stereocenters. The van der Waals surface area contributed by atoms with Crippen molar-refractivity contribution in [2.75, 3.05) is 44.0 Å². The molecule has 3 N–H and O–H groups in total. The van der Waals surface area contributed by atoms with Crippen LogP contribution < -0.4 is 20.1 Å². The highest BCUT2D eigenvalue weighted by molar-refractivity contribution is 7.97. The summed E-state index contributed by atoms with van der Waals surface area (Å²) in [6, 6.07) is 5.16. The molecule has 28 heavy (non-hydrogen) atoms. The number of benzene rings is 1. The van der Waals surface area contributed by atoms with Crippen LogP contribution in [0.5, 0.6) is 5.75 Å². The van der Waals surface area contributed by atoms with Gasteiger partial charge < -0.3 is 19.9 Å². The molecule has 1 aromatic carbocycles. The van der Waals surface area contributed by atoms with E-state index in [2.05, 4.69) is 10.3 Å². The van der Waals surface area contributed by atoms with Crippen molar-refractivity contribution in [2.45, 2.75) is 11.1 Å². The van der Waals surface area contributed by atoms with Gasteiger partial charge in [0.1, 0.15) is 11.1 Å². The molecule has 1 aliphatic rings. The van der Waals surface area contributed by atoms with Crippen molar-refractivity contribution in [3.63, 3.8) is 0 Å². The molecule has 0 spiro atoms. The normalized spacial score (nSPS) is 17.5. The molecule has 1 amide bonds. The third-order valence-corrected chi connectivity index (χ3v) is 5.02. The van der Waals surface area contributed by atoms with Crippen LogP contribution in [0.15, 0.2) is 35.5 Å². The molecule has 1 unspecified atom stereocenters. The second kappa shape index (κ2) is 8.72. The van der Waals surface area contributed by atoms with E-state index in [0.29, 0.717) is 36.0 Å². The molecule has 2 aromatic rings. The smallest absolute Gasteiger partial charge is 0.248 e. The van der Waals surface area contributed by atoms with Crippen LogP contribution in [0.3, 0.4) is 0 Å². The van der Waals surface area contributed by atoms with Gasteiger partial charge in [-0.05, 0) is 43.3 Å². The first kappa shape index (κ1) is 20.3. The SMILES string of the molecule is COc1c(N2CCN(C)CC2C(=O)Nc2ccnc(SN)c2)ccc(F)c1F. The van der Waals surface area contributed by atoms with E-state index in [0.717, 1.165) is 18.0 Å². The number of pyridine rings is 1. The molecule has 0 saturated carbocycles. The Hall–Kier alpha value is -2.43. The predicted octanol–water partition coefficient (Wildman–Crippen LogP) is 2.09. The Bertz CT molecular complexity index is 870. The maximum absolute atomic E-state index is 14.2. The van der Waals surface area contributed by atoms with Crippen LogP contribution in [-0.4, -0.2) is 55.6 Å². The lowest BCUT2D eigenvalue weighted by Crippen LogP contribution is -2.57. The Balaban J connectivity index is 1.90. The number of likely N-dealkylation sites (N-methyl/N-ethyl adjacent to an activating group) is 1. The average molecular weight is 409 g/mol. The molecule has 150 valence electrons. The summed E-state index contributed by atoms with van der Waals surface area (Å²) in [5.74, 6) is -2.57. The van der Waals surface area contributed by atoms with E-state index in [9.17, 15) is 13.6 Å². The summed E-state index contributed by atoms with van der Waals surface area (Å²) in [5, 5.41) is 8.93. The highest BCUT2D eigenvalue weighted by Gasteiger charge is 2.34. The van der Waals surface area contributed by atoms with Gasteiger partial charge in [-0.15, -0.1) is 0 Å². The highest BCUT2D eigenvalue weighted by Crippen LogP contribution is 2.35. The van der Waals surface area contributed by atoms with Gasteiger partial charge >= 0.3 is 0 Å². The number of piperazine rings is 1. The van der Waals surface area contributed by atoms with E-state index in [1.54, 1.807) is 23.2 Å². The van der Waals surface area contributed by atoms with Gasteiger partial charge in [-0.2, -0.15) is 4.39 Å². The summed E-state index contributed by atoms with van der Waals surface area (Å²) >= 11 is 0.977. The van der Waals surface area contributed by atoms with Crippen LogP contribution >= 0.6 is 11.9 Å². The number of rotatable bonds is 5. The molecule has 1 saturated heterocycles. The van der Waals surface area contributed by atoms with Gasteiger partial charge in [-0.1, -0.05) is 0 Å². The lowest BCUT2D eigenvalue weighted by Gasteiger charge is -2.41. The number of nitrogens with two attached hydrogens (primary N) is 1. The van der Waals surface area contributed by atoms with E-state index in [-0.39, 0.29) is 11.7 Å². The van der Waals surface area contributed by atoms with Crippen molar-refractivity contribution >= 4 is 29.2 Å². The molecule has 1 aromatic heterocycles. The first-order valence-electron chi connectivity index (χ1n) is 8.55. The van der Waals surface area contributed by atoms with Gasteiger partial charge in [0.15, 0.2) is 11.6 Å². The molecular weight excluding hydrogens is 388 g/mol. The summed E-state index contributed by atoms with van der Waals surface area (Å²) in [4.78, 5) is 20.8. The zero-order chi connectivity index (χ0) is 20.3. The van der Waals surface area contributed by atoms with Crippen LogP contribution in [0.1, 0.15) is 0 Å². The second-order valence-corrected chi connectivity index (χ2v) is 7.03. The minimum Gasteiger partial charge on any atom is -0.491 e. The second-order valence-electron chi connectivity index (χ2n) is 6.38. The molecule has 3 rings (SSSR count). The quantitative estimate of drug-likeness (QED) is 0.732. The maximum Gasteiger partial charge on any atom is 0.248 e. The van der Waals surface area contributed by atoms with E-state index in [1.807, 2.05) is 11.9 Å². The molecular formula is C18H21F2N5O2S. The molecule has 10 heteroatoms. The lowest BCUT2D eigenvalue weighted by atomic mass is 10.1. The number of halogens is 2. The Morgan fingerprint density at radius 2 is 2.14 bits per heavy atom. The minimum atomic E-state index is -1.07. The lowest BCUT2D eigenvalue weighted by molar-refractivity contribution is -0.118. The number of ether oxygens (including phenoxy) is 1. The van der Waals surface area contributed by atoms with E-state index < -0.39 is 17.7 Å². The summed E-state index contributed by atoms with van der Waals surface area (Å²) in [5.41, 5.74) is 0.890. The van der Waals surface area contributed by atoms with Gasteiger partial charge in [0.2, 0.25) is 11.7 Å². The Labute approximate surface area is 166 Å². The predicted molar refractivity (Wildman–Crippen MR) is 104 cm³/mol. The Morgan fingerprint density at radius 3 is 2.86 bits per heavy atom. The number of hydrogen-bond donors (Lipinski definition) is 2. The highest BCUT2D eigenvalue weighted by atomic mass is 32.2. The van der Waals surface area contributed by atoms with Crippen molar-refractivity contribution in [3.05, 3.63) is 42.1 Å². The van der Waals surface area contributed by atoms with Gasteiger partial charge in [0.25, 0.3) is 0 Å². The molecule has 7 nitrogen and oxygen atoms in total. The number of carbonyl (C=O) groups is 1. The van der Waals surface area contributed by atoms with Crippen LogP contribution in [0.25, 0.3) is 0 Å². The number of hydrogen-bond acceptors (Lipinski definition) is 7. The largest absolute Gasteiger partial charge is 0.491 e. The maximum atomic E-state index is 14.2. The first-order chi connectivity index (χ1) is 13.4. The molecule has 1 aliphatic heterocycles. The van der Waals surface area contributed by atoms with Gasteiger partial charge in [0, 0.05) is 31.5 Å². The molecule has 1 fully saturated rings. The van der Waals surface area contributed by atoms with Crippen LogP contribution in [-0.2, 0) is 4.79 Å². The number of aromatic nitrogens is 1. The zero-order valence-corrected chi connectivity index (χ0v) is 16.3. The monoisotopic (exact) mass is 409 g/mol. The number of methoxy groups -OCH3 is 1. The molecule has 0 aliphatic carbocycles.